The highest BCUT2D eigenvalue weighted by atomic mass is 33.1. The van der Waals surface area contributed by atoms with Crippen molar-refractivity contribution in [2.24, 2.45) is 0 Å². The molecular weight excluding hydrogens is 913 g/mol. The standard InChI is InChI=1S/C36H62N8O15S4/c1-6-13-60-61-14-10-27(45)37-11-8-7-9-22(35(56)57)39-34(55)26(19-63-62-15-12-59-36(58)44-43-21(4)5)42-33(54)25(18-30(50)51)41-32(53)24(17-29(48)49)40-31(52)23(16-28(46)47)38-20(2)3/h20-26,38,43H,6-19H2,1-5H3,(H,37,45)(H,39,55)(H,40,52)(H,41,53)(H,42,54)(H,44,58)(H,46,47)(H,48,49)(H,50,51)(H,56,57)/t22-,23-,24-,25-,26-/m0/s1. The van der Waals surface area contributed by atoms with Crippen molar-refractivity contribution in [3.05, 3.63) is 0 Å². The van der Waals surface area contributed by atoms with Gasteiger partial charge in [0.1, 0.15) is 30.8 Å². The van der Waals surface area contributed by atoms with Gasteiger partial charge in [-0.15, -0.1) is 0 Å². The third-order valence-electron chi connectivity index (χ3n) is 7.71. The molecule has 0 spiro atoms. The van der Waals surface area contributed by atoms with Crippen LogP contribution in [0.1, 0.15) is 86.0 Å². The number of hydrazine groups is 1. The highest BCUT2D eigenvalue weighted by molar-refractivity contribution is 8.77. The van der Waals surface area contributed by atoms with Crippen LogP contribution in [0.4, 0.5) is 4.79 Å². The van der Waals surface area contributed by atoms with Crippen LogP contribution in [0.5, 0.6) is 0 Å². The maximum absolute atomic E-state index is 13.6. The summed E-state index contributed by atoms with van der Waals surface area (Å²) in [6.45, 7) is 9.04. The van der Waals surface area contributed by atoms with Crippen molar-refractivity contribution in [1.82, 2.24) is 42.8 Å². The lowest BCUT2D eigenvalue weighted by Crippen LogP contribution is -2.60. The Labute approximate surface area is 381 Å². The number of hydrogen-bond acceptors (Lipinski definition) is 17. The van der Waals surface area contributed by atoms with Crippen molar-refractivity contribution < 1.29 is 73.1 Å². The van der Waals surface area contributed by atoms with Crippen LogP contribution in [-0.4, -0.2) is 158 Å². The minimum atomic E-state index is -1.97. The monoisotopic (exact) mass is 974 g/mol. The third-order valence-corrected chi connectivity index (χ3v) is 12.7. The molecule has 0 heterocycles. The predicted molar refractivity (Wildman–Crippen MR) is 239 cm³/mol. The lowest BCUT2D eigenvalue weighted by atomic mass is 10.1. The van der Waals surface area contributed by atoms with Crippen molar-refractivity contribution >= 4 is 103 Å². The number of carbonyl (C=O) groups excluding carboxylic acids is 6. The molecule has 0 aliphatic carbocycles. The van der Waals surface area contributed by atoms with Crippen molar-refractivity contribution in [2.75, 3.05) is 36.2 Å². The van der Waals surface area contributed by atoms with Gasteiger partial charge in [0, 0.05) is 48.1 Å². The predicted octanol–water partition coefficient (Wildman–Crippen LogP) is 0.290. The Balaban J connectivity index is 6.02. The second kappa shape index (κ2) is 34.3. The van der Waals surface area contributed by atoms with Crippen molar-refractivity contribution in [1.29, 1.82) is 0 Å². The summed E-state index contributed by atoms with van der Waals surface area (Å²) < 4.78 is 5.03. The largest absolute Gasteiger partial charge is 0.481 e. The van der Waals surface area contributed by atoms with E-state index in [0.29, 0.717) is 18.6 Å². The normalized spacial score (nSPS) is 13.4. The molecule has 6 amide bonds. The van der Waals surface area contributed by atoms with Crippen LogP contribution in [0.3, 0.4) is 0 Å². The van der Waals surface area contributed by atoms with E-state index in [0.717, 1.165) is 33.8 Å². The highest BCUT2D eigenvalue weighted by Crippen LogP contribution is 2.23. The van der Waals surface area contributed by atoms with E-state index < -0.39 is 109 Å². The van der Waals surface area contributed by atoms with Crippen LogP contribution in [0, 0.1) is 0 Å². The molecule has 360 valence electrons. The van der Waals surface area contributed by atoms with Crippen molar-refractivity contribution in [3.63, 3.8) is 0 Å². The molecule has 5 atom stereocenters. The number of carboxylic acid groups (broad SMARTS) is 4. The van der Waals surface area contributed by atoms with Gasteiger partial charge in [0.05, 0.1) is 25.3 Å². The number of carbonyl (C=O) groups is 10. The summed E-state index contributed by atoms with van der Waals surface area (Å²) in [5.41, 5.74) is 5.00. The molecule has 12 N–H and O–H groups in total. The number of ether oxygens (including phenoxy) is 1. The lowest BCUT2D eigenvalue weighted by molar-refractivity contribution is -0.144. The molecule has 0 rings (SSSR count). The van der Waals surface area contributed by atoms with Gasteiger partial charge < -0.3 is 57.1 Å². The number of aliphatic carboxylic acids is 4. The Kier molecular flexibility index (Phi) is 32.0. The fraction of sp³-hybridized carbons (Fsp3) is 0.722. The van der Waals surface area contributed by atoms with Gasteiger partial charge in [-0.3, -0.25) is 43.8 Å². The van der Waals surface area contributed by atoms with Gasteiger partial charge in [-0.2, -0.15) is 0 Å². The molecule has 23 nitrogen and oxygen atoms in total. The number of hydrogen-bond donors (Lipinski definition) is 12. The van der Waals surface area contributed by atoms with Crippen molar-refractivity contribution in [3.8, 4) is 0 Å². The fourth-order valence-electron chi connectivity index (χ4n) is 4.81. The summed E-state index contributed by atoms with van der Waals surface area (Å²) in [5, 5.41) is 52.6. The second-order valence-corrected chi connectivity index (χ2v) is 19.5. The van der Waals surface area contributed by atoms with E-state index in [1.807, 2.05) is 0 Å². The lowest BCUT2D eigenvalue weighted by Gasteiger charge is -2.26. The number of carboxylic acids is 4. The van der Waals surface area contributed by atoms with E-state index in [1.54, 1.807) is 49.3 Å². The maximum Gasteiger partial charge on any atom is 0.421 e. The third kappa shape index (κ3) is 30.5. The second-order valence-electron chi connectivity index (χ2n) is 14.2. The molecule has 0 aromatic heterocycles. The van der Waals surface area contributed by atoms with E-state index in [9.17, 15) is 68.4 Å². The smallest absolute Gasteiger partial charge is 0.421 e. The van der Waals surface area contributed by atoms with E-state index in [1.165, 1.54) is 0 Å². The van der Waals surface area contributed by atoms with Gasteiger partial charge in [-0.05, 0) is 39.5 Å². The molecule has 0 unspecified atom stereocenters. The van der Waals surface area contributed by atoms with Crippen LogP contribution < -0.4 is 42.8 Å². The summed E-state index contributed by atoms with van der Waals surface area (Å²) in [7, 11) is 5.39. The molecule has 0 aliphatic heterocycles. The number of rotatable bonds is 36. The van der Waals surface area contributed by atoms with E-state index in [2.05, 4.69) is 49.7 Å². The molecule has 63 heavy (non-hydrogen) atoms. The Morgan fingerprint density at radius 2 is 1.06 bits per heavy atom. The van der Waals surface area contributed by atoms with E-state index in [-0.39, 0.29) is 49.4 Å². The zero-order chi connectivity index (χ0) is 47.9. The Morgan fingerprint density at radius 1 is 0.571 bits per heavy atom. The van der Waals surface area contributed by atoms with Gasteiger partial charge in [0.2, 0.25) is 29.5 Å². The first-order valence-electron chi connectivity index (χ1n) is 20.0. The quantitative estimate of drug-likeness (QED) is 0.0228. The summed E-state index contributed by atoms with van der Waals surface area (Å²) in [6.07, 6.45) is -1.71. The molecule has 0 aromatic rings. The highest BCUT2D eigenvalue weighted by Gasteiger charge is 2.34. The summed E-state index contributed by atoms with van der Waals surface area (Å²) in [4.78, 5) is 125. The molecule has 0 aliphatic rings. The Hall–Kier alpha value is -4.18. The fourth-order valence-corrected chi connectivity index (χ4v) is 8.93. The average Bonchev–Trinajstić information content (AvgIpc) is 3.18. The molecule has 0 saturated carbocycles. The number of amides is 6. The minimum Gasteiger partial charge on any atom is -0.481 e. The van der Waals surface area contributed by atoms with Crippen LogP contribution >= 0.6 is 43.2 Å². The summed E-state index contributed by atoms with van der Waals surface area (Å²) in [5.74, 6) is -9.21. The van der Waals surface area contributed by atoms with E-state index >= 15 is 0 Å². The first-order chi connectivity index (χ1) is 29.7. The van der Waals surface area contributed by atoms with E-state index in [4.69, 9.17) is 4.74 Å². The van der Waals surface area contributed by atoms with Gasteiger partial charge >= 0.3 is 30.0 Å². The maximum atomic E-state index is 13.6. The first-order valence-corrected chi connectivity index (χ1v) is 24.9. The van der Waals surface area contributed by atoms with Gasteiger partial charge in [-0.25, -0.2) is 15.0 Å². The molecule has 0 fully saturated rings. The number of unbranched alkanes of at least 4 members (excludes halogenated alkanes) is 1. The average molecular weight is 975 g/mol. The molecule has 0 bridgehead atoms. The topological polar surface area (TPSA) is 357 Å². The number of nitrogens with one attached hydrogen (secondary N) is 8. The van der Waals surface area contributed by atoms with Gasteiger partial charge in [-0.1, -0.05) is 63.9 Å². The van der Waals surface area contributed by atoms with Gasteiger partial charge in [0.25, 0.3) is 0 Å². The summed E-state index contributed by atoms with van der Waals surface area (Å²) in [6, 6.07) is -8.77. The van der Waals surface area contributed by atoms with Crippen molar-refractivity contribution in [2.45, 2.75) is 128 Å². The molecule has 27 heteroatoms. The van der Waals surface area contributed by atoms with Gasteiger partial charge in [0.15, 0.2) is 0 Å². The minimum absolute atomic E-state index is 0.0617. The molecular formula is C36H62N8O15S4. The Morgan fingerprint density at radius 3 is 1.59 bits per heavy atom. The SMILES string of the molecule is CCCSSCCC(=O)NCCCC[C@H](NC(=O)[C@H](CSSCCOC(=O)NNC(C)C)NC(=O)[C@H](CC(=O)O)NC(=O)[C@H](CC(=O)O)NC(=O)[C@H](CC(=O)O)NC(C)C)C(=O)O. The van der Waals surface area contributed by atoms with Crippen LogP contribution in [0.15, 0.2) is 0 Å². The van der Waals surface area contributed by atoms with Crippen LogP contribution in [-0.2, 0) is 47.9 Å². The Bertz CT molecular complexity index is 1510. The first kappa shape index (κ1) is 58.8. The molecule has 0 radical (unpaired) electrons. The summed E-state index contributed by atoms with van der Waals surface area (Å²) >= 11 is 0. The zero-order valence-electron chi connectivity index (χ0n) is 35.9. The molecule has 0 saturated heterocycles. The van der Waals surface area contributed by atoms with Crippen LogP contribution in [0.2, 0.25) is 0 Å². The molecule has 0 aromatic carbocycles. The zero-order valence-corrected chi connectivity index (χ0v) is 39.1. The van der Waals surface area contributed by atoms with Crippen LogP contribution in [0.25, 0.3) is 0 Å².